The minimum atomic E-state index is -0.595. The molecule has 0 radical (unpaired) electrons. The van der Waals surface area contributed by atoms with E-state index in [0.717, 1.165) is 35.5 Å². The summed E-state index contributed by atoms with van der Waals surface area (Å²) in [6.45, 7) is 9.12. The van der Waals surface area contributed by atoms with E-state index in [2.05, 4.69) is 17.3 Å². The van der Waals surface area contributed by atoms with E-state index < -0.39 is 11.7 Å². The smallest absolute Gasteiger partial charge is 0.412 e. The molecule has 6 heteroatoms. The van der Waals surface area contributed by atoms with E-state index in [0.29, 0.717) is 16.1 Å². The molecule has 0 atom stereocenters. The number of likely N-dealkylation sites (N-methyl/N-ethyl adjacent to an activating group) is 1. The molecule has 1 aliphatic rings. The van der Waals surface area contributed by atoms with Gasteiger partial charge in [0.25, 0.3) is 0 Å². The molecule has 0 saturated carbocycles. The summed E-state index contributed by atoms with van der Waals surface area (Å²) in [4.78, 5) is 28.9. The Hall–Kier alpha value is -2.18. The van der Waals surface area contributed by atoms with E-state index in [1.165, 1.54) is 11.3 Å². The zero-order valence-electron chi connectivity index (χ0n) is 16.5. The third kappa shape index (κ3) is 4.57. The molecule has 0 saturated heterocycles. The first-order valence-corrected chi connectivity index (χ1v) is 9.90. The number of carbonyl (C=O) groups is 2. The van der Waals surface area contributed by atoms with Crippen molar-refractivity contribution in [2.24, 2.45) is 0 Å². The molecule has 1 aliphatic heterocycles. The first-order chi connectivity index (χ1) is 12.6. The lowest BCUT2D eigenvalue weighted by molar-refractivity contribution is 0.0636. The Morgan fingerprint density at radius 2 is 1.85 bits per heavy atom. The number of hydrogen-bond acceptors (Lipinski definition) is 5. The Labute approximate surface area is 164 Å². The van der Waals surface area contributed by atoms with Crippen LogP contribution in [0.25, 0.3) is 0 Å². The van der Waals surface area contributed by atoms with Gasteiger partial charge in [0.2, 0.25) is 0 Å². The minimum absolute atomic E-state index is 0.0527. The molecule has 27 heavy (non-hydrogen) atoms. The van der Waals surface area contributed by atoms with Crippen LogP contribution in [0.1, 0.15) is 52.7 Å². The van der Waals surface area contributed by atoms with Crippen molar-refractivity contribution in [2.75, 3.05) is 18.9 Å². The van der Waals surface area contributed by atoms with E-state index in [-0.39, 0.29) is 5.78 Å². The molecule has 1 amide bonds. The zero-order chi connectivity index (χ0) is 19.8. The molecule has 1 aromatic carbocycles. The average Bonchev–Trinajstić information content (AvgIpc) is 2.89. The third-order valence-electron chi connectivity index (χ3n) is 4.40. The number of amides is 1. The van der Waals surface area contributed by atoms with Crippen LogP contribution in [0.2, 0.25) is 0 Å². The fourth-order valence-electron chi connectivity index (χ4n) is 3.11. The monoisotopic (exact) mass is 386 g/mol. The Balaban J connectivity index is 1.98. The number of hydrogen-bond donors (Lipinski definition) is 1. The molecule has 0 spiro atoms. The van der Waals surface area contributed by atoms with Gasteiger partial charge in [-0.25, -0.2) is 4.79 Å². The molecule has 0 unspecified atom stereocenters. The number of anilines is 1. The highest BCUT2D eigenvalue weighted by Crippen LogP contribution is 2.38. The molecule has 5 nitrogen and oxygen atoms in total. The molecule has 3 rings (SSSR count). The van der Waals surface area contributed by atoms with Crippen molar-refractivity contribution >= 4 is 28.2 Å². The third-order valence-corrected chi connectivity index (χ3v) is 5.54. The maximum atomic E-state index is 13.3. The van der Waals surface area contributed by atoms with E-state index in [1.807, 2.05) is 52.0 Å². The number of aryl methyl sites for hydroxylation is 1. The summed E-state index contributed by atoms with van der Waals surface area (Å²) in [5.41, 5.74) is 2.80. The number of benzene rings is 1. The van der Waals surface area contributed by atoms with Gasteiger partial charge in [-0.3, -0.25) is 10.1 Å². The van der Waals surface area contributed by atoms with Gasteiger partial charge < -0.3 is 9.64 Å². The zero-order valence-corrected chi connectivity index (χ0v) is 17.3. The fraction of sp³-hybridized carbons (Fsp3) is 0.429. The van der Waals surface area contributed by atoms with Crippen molar-refractivity contribution in [2.45, 2.75) is 46.3 Å². The predicted molar refractivity (Wildman–Crippen MR) is 109 cm³/mol. The highest BCUT2D eigenvalue weighted by Gasteiger charge is 2.29. The van der Waals surface area contributed by atoms with Crippen LogP contribution in [-0.2, 0) is 17.7 Å². The summed E-state index contributed by atoms with van der Waals surface area (Å²) in [6, 6.07) is 7.55. The van der Waals surface area contributed by atoms with Crippen molar-refractivity contribution in [1.82, 2.24) is 4.90 Å². The van der Waals surface area contributed by atoms with Crippen LogP contribution in [0.4, 0.5) is 9.80 Å². The summed E-state index contributed by atoms with van der Waals surface area (Å²) in [5, 5.41) is 3.40. The van der Waals surface area contributed by atoms with Gasteiger partial charge >= 0.3 is 6.09 Å². The van der Waals surface area contributed by atoms with Gasteiger partial charge in [0.05, 0.1) is 5.56 Å². The second-order valence-corrected chi connectivity index (χ2v) is 9.12. The number of nitrogens with zero attached hydrogens (tertiary/aromatic N) is 1. The standard InChI is InChI=1S/C21H26N2O3S/c1-13-6-8-14(9-7-13)18(24)17-15-10-11-23(5)12-16(15)27-19(17)22-20(25)26-21(2,3)4/h6-9H,10-12H2,1-5H3,(H,22,25). The van der Waals surface area contributed by atoms with Crippen LogP contribution < -0.4 is 5.32 Å². The van der Waals surface area contributed by atoms with Crippen molar-refractivity contribution < 1.29 is 14.3 Å². The second-order valence-electron chi connectivity index (χ2n) is 8.02. The topological polar surface area (TPSA) is 58.6 Å². The van der Waals surface area contributed by atoms with Gasteiger partial charge in [0.15, 0.2) is 5.78 Å². The number of nitrogens with one attached hydrogen (secondary N) is 1. The van der Waals surface area contributed by atoms with E-state index in [9.17, 15) is 9.59 Å². The van der Waals surface area contributed by atoms with Crippen LogP contribution in [0.5, 0.6) is 0 Å². The number of ether oxygens (including phenoxy) is 1. The first-order valence-electron chi connectivity index (χ1n) is 9.08. The molecule has 2 heterocycles. The van der Waals surface area contributed by atoms with Gasteiger partial charge in [-0.2, -0.15) is 0 Å². The van der Waals surface area contributed by atoms with Gasteiger partial charge in [-0.05, 0) is 46.7 Å². The molecule has 0 bridgehead atoms. The summed E-state index contributed by atoms with van der Waals surface area (Å²) in [5.74, 6) is -0.0527. The van der Waals surface area contributed by atoms with Crippen molar-refractivity contribution in [3.05, 3.63) is 51.4 Å². The molecule has 144 valence electrons. The number of fused-ring (bicyclic) bond motifs is 1. The number of thiophene rings is 1. The number of ketones is 1. The maximum Gasteiger partial charge on any atom is 0.412 e. The quantitative estimate of drug-likeness (QED) is 0.782. The summed E-state index contributed by atoms with van der Waals surface area (Å²) < 4.78 is 5.39. The van der Waals surface area contributed by atoms with Crippen LogP contribution in [0.15, 0.2) is 24.3 Å². The van der Waals surface area contributed by atoms with Gasteiger partial charge in [0, 0.05) is 23.5 Å². The number of carbonyl (C=O) groups excluding carboxylic acids is 2. The first kappa shape index (κ1) is 19.6. The average molecular weight is 387 g/mol. The molecule has 0 aliphatic carbocycles. The molecule has 1 N–H and O–H groups in total. The summed E-state index contributed by atoms with van der Waals surface area (Å²) >= 11 is 1.47. The van der Waals surface area contributed by atoms with Crippen molar-refractivity contribution in [3.63, 3.8) is 0 Å². The van der Waals surface area contributed by atoms with Crippen LogP contribution in [0, 0.1) is 6.92 Å². The molecule has 0 fully saturated rings. The van der Waals surface area contributed by atoms with E-state index in [4.69, 9.17) is 4.74 Å². The molecular weight excluding hydrogens is 360 g/mol. The Kier molecular flexibility index (Phi) is 5.40. The normalized spacial score (nSPS) is 14.6. The van der Waals surface area contributed by atoms with E-state index >= 15 is 0 Å². The lowest BCUT2D eigenvalue weighted by Gasteiger charge is -2.22. The van der Waals surface area contributed by atoms with Crippen LogP contribution in [0.3, 0.4) is 0 Å². The van der Waals surface area contributed by atoms with Gasteiger partial charge in [-0.15, -0.1) is 11.3 Å². The van der Waals surface area contributed by atoms with Gasteiger partial charge in [0.1, 0.15) is 10.6 Å². The Bertz CT molecular complexity index is 863. The highest BCUT2D eigenvalue weighted by atomic mass is 32.1. The molecule has 2 aromatic rings. The highest BCUT2D eigenvalue weighted by molar-refractivity contribution is 7.17. The maximum absolute atomic E-state index is 13.3. The Morgan fingerprint density at radius 3 is 2.48 bits per heavy atom. The lowest BCUT2D eigenvalue weighted by atomic mass is 9.96. The second kappa shape index (κ2) is 7.44. The van der Waals surface area contributed by atoms with Gasteiger partial charge in [-0.1, -0.05) is 29.8 Å². The predicted octanol–water partition coefficient (Wildman–Crippen LogP) is 4.62. The lowest BCUT2D eigenvalue weighted by Crippen LogP contribution is -2.27. The Morgan fingerprint density at radius 1 is 1.19 bits per heavy atom. The van der Waals surface area contributed by atoms with Crippen molar-refractivity contribution in [3.8, 4) is 0 Å². The summed E-state index contributed by atoms with van der Waals surface area (Å²) in [7, 11) is 2.06. The molecule has 1 aromatic heterocycles. The minimum Gasteiger partial charge on any atom is -0.444 e. The number of rotatable bonds is 3. The van der Waals surface area contributed by atoms with Crippen molar-refractivity contribution in [1.29, 1.82) is 0 Å². The van der Waals surface area contributed by atoms with Crippen LogP contribution >= 0.6 is 11.3 Å². The van der Waals surface area contributed by atoms with E-state index in [1.54, 1.807) is 0 Å². The largest absolute Gasteiger partial charge is 0.444 e. The van der Waals surface area contributed by atoms with Crippen LogP contribution in [-0.4, -0.2) is 36.0 Å². The SMILES string of the molecule is Cc1ccc(C(=O)c2c(NC(=O)OC(C)(C)C)sc3c2CCN(C)C3)cc1. The fourth-order valence-corrected chi connectivity index (χ4v) is 4.42. The summed E-state index contributed by atoms with van der Waals surface area (Å²) in [6.07, 6.45) is 0.262. The molecular formula is C21H26N2O3S.